The van der Waals surface area contributed by atoms with Gasteiger partial charge in [0.25, 0.3) is 0 Å². The molecule has 2 aromatic rings. The van der Waals surface area contributed by atoms with E-state index in [1.807, 2.05) is 6.07 Å². The van der Waals surface area contributed by atoms with E-state index in [1.54, 1.807) is 4.90 Å². The molecule has 2 fully saturated rings. The summed E-state index contributed by atoms with van der Waals surface area (Å²) >= 11 is 0. The Morgan fingerprint density at radius 1 is 1.04 bits per heavy atom. The molecule has 1 aromatic heterocycles. The lowest BCUT2D eigenvalue weighted by molar-refractivity contribution is -0.120. The molecule has 4 rings (SSSR count). The van der Waals surface area contributed by atoms with Crippen LogP contribution in [0.4, 0.5) is 10.5 Å². The molecule has 2 saturated heterocycles. The fourth-order valence-corrected chi connectivity index (χ4v) is 4.01. The maximum Gasteiger partial charge on any atom is 0.328 e. The molecule has 3 heterocycles. The summed E-state index contributed by atoms with van der Waals surface area (Å²) in [7, 11) is 4.29. The topological polar surface area (TPSA) is 57.6 Å². The highest BCUT2D eigenvalue weighted by Gasteiger charge is 2.25. The number of carbonyl (C=O) groups excluding carboxylic acids is 2. The van der Waals surface area contributed by atoms with Crippen LogP contribution in [0.3, 0.4) is 0 Å². The number of rotatable bonds is 2. The van der Waals surface area contributed by atoms with Crippen LogP contribution in [0, 0.1) is 0 Å². The zero-order valence-electron chi connectivity index (χ0n) is 14.8. The van der Waals surface area contributed by atoms with Crippen LogP contribution in [0.1, 0.15) is 30.9 Å². The molecule has 1 aromatic carbocycles. The average molecular weight is 340 g/mol. The lowest BCUT2D eigenvalue weighted by atomic mass is 9.93. The molecule has 0 atom stereocenters. The number of likely N-dealkylation sites (tertiary alicyclic amines) is 1. The van der Waals surface area contributed by atoms with Crippen molar-refractivity contribution in [3.63, 3.8) is 0 Å². The number of hydrogen-bond donors (Lipinski definition) is 1. The molecule has 2 aliphatic heterocycles. The number of amides is 3. The Kier molecular flexibility index (Phi) is 4.00. The maximum atomic E-state index is 12.1. The van der Waals surface area contributed by atoms with Gasteiger partial charge in [-0.25, -0.2) is 4.79 Å². The van der Waals surface area contributed by atoms with E-state index in [-0.39, 0.29) is 11.9 Å². The fourth-order valence-electron chi connectivity index (χ4n) is 4.01. The monoisotopic (exact) mass is 340 g/mol. The molecule has 6 heteroatoms. The van der Waals surface area contributed by atoms with Gasteiger partial charge in [-0.2, -0.15) is 0 Å². The molecule has 132 valence electrons. The third-order valence-corrected chi connectivity index (χ3v) is 5.57. The third kappa shape index (κ3) is 2.91. The number of nitrogens with zero attached hydrogens (tertiary/aromatic N) is 3. The number of imide groups is 1. The van der Waals surface area contributed by atoms with Gasteiger partial charge in [-0.15, -0.1) is 0 Å². The highest BCUT2D eigenvalue weighted by Crippen LogP contribution is 2.33. The lowest BCUT2D eigenvalue weighted by Gasteiger charge is -2.29. The number of aryl methyl sites for hydroxylation is 1. The van der Waals surface area contributed by atoms with Crippen molar-refractivity contribution < 1.29 is 9.59 Å². The first-order valence-corrected chi connectivity index (χ1v) is 8.92. The molecule has 2 aliphatic rings. The van der Waals surface area contributed by atoms with Crippen molar-refractivity contribution in [2.24, 2.45) is 7.05 Å². The number of urea groups is 1. The Bertz CT molecular complexity index is 833. The molecule has 0 spiro atoms. The van der Waals surface area contributed by atoms with E-state index in [1.165, 1.54) is 23.9 Å². The zero-order chi connectivity index (χ0) is 17.6. The Morgan fingerprint density at radius 2 is 1.80 bits per heavy atom. The SMILES string of the molecule is CN1CCC(c2cc3ccc(N4CCC(=O)NC4=O)cc3n2C)CC1. The van der Waals surface area contributed by atoms with Gasteiger partial charge in [0.2, 0.25) is 5.91 Å². The number of hydrogen-bond acceptors (Lipinski definition) is 3. The predicted octanol–water partition coefficient (Wildman–Crippen LogP) is 2.43. The van der Waals surface area contributed by atoms with Crippen LogP contribution < -0.4 is 10.2 Å². The van der Waals surface area contributed by atoms with Crippen LogP contribution in [-0.4, -0.2) is 48.1 Å². The summed E-state index contributed by atoms with van der Waals surface area (Å²) in [6, 6.07) is 8.06. The van der Waals surface area contributed by atoms with Gasteiger partial charge in [-0.05, 0) is 51.2 Å². The van der Waals surface area contributed by atoms with E-state index < -0.39 is 0 Å². The quantitative estimate of drug-likeness (QED) is 0.913. The predicted molar refractivity (Wildman–Crippen MR) is 97.9 cm³/mol. The van der Waals surface area contributed by atoms with E-state index in [0.717, 1.165) is 24.3 Å². The van der Waals surface area contributed by atoms with Crippen LogP contribution >= 0.6 is 0 Å². The van der Waals surface area contributed by atoms with Gasteiger partial charge in [-0.1, -0.05) is 6.07 Å². The maximum absolute atomic E-state index is 12.1. The third-order valence-electron chi connectivity index (χ3n) is 5.57. The molecule has 3 amide bonds. The Labute approximate surface area is 147 Å². The normalized spacial score (nSPS) is 20.3. The Hall–Kier alpha value is -2.34. The van der Waals surface area contributed by atoms with Gasteiger partial charge in [0.05, 0.1) is 5.52 Å². The van der Waals surface area contributed by atoms with Crippen LogP contribution in [-0.2, 0) is 11.8 Å². The molecule has 1 N–H and O–H groups in total. The van der Waals surface area contributed by atoms with Crippen molar-refractivity contribution in [2.75, 3.05) is 31.6 Å². The second-order valence-electron chi connectivity index (χ2n) is 7.20. The summed E-state index contributed by atoms with van der Waals surface area (Å²) < 4.78 is 2.27. The fraction of sp³-hybridized carbons (Fsp3) is 0.474. The summed E-state index contributed by atoms with van der Waals surface area (Å²) in [5.41, 5.74) is 3.35. The Balaban J connectivity index is 1.66. The van der Waals surface area contributed by atoms with Crippen LogP contribution in [0.2, 0.25) is 0 Å². The molecule has 25 heavy (non-hydrogen) atoms. The van der Waals surface area contributed by atoms with E-state index >= 15 is 0 Å². The van der Waals surface area contributed by atoms with Gasteiger partial charge in [-0.3, -0.25) is 15.0 Å². The minimum absolute atomic E-state index is 0.203. The van der Waals surface area contributed by atoms with Crippen molar-refractivity contribution >= 4 is 28.5 Å². The lowest BCUT2D eigenvalue weighted by Crippen LogP contribution is -2.49. The second kappa shape index (κ2) is 6.19. The highest BCUT2D eigenvalue weighted by molar-refractivity contribution is 6.06. The molecule has 0 unspecified atom stereocenters. The van der Waals surface area contributed by atoms with Crippen LogP contribution in [0.5, 0.6) is 0 Å². The van der Waals surface area contributed by atoms with Gasteiger partial charge in [0, 0.05) is 42.7 Å². The number of fused-ring (bicyclic) bond motifs is 1. The van der Waals surface area contributed by atoms with E-state index in [2.05, 4.69) is 47.1 Å². The minimum atomic E-state index is -0.333. The Morgan fingerprint density at radius 3 is 2.52 bits per heavy atom. The van der Waals surface area contributed by atoms with E-state index in [9.17, 15) is 9.59 Å². The summed E-state index contributed by atoms with van der Waals surface area (Å²) in [6.07, 6.45) is 2.71. The number of nitrogens with one attached hydrogen (secondary N) is 1. The number of carbonyl (C=O) groups is 2. The second-order valence-corrected chi connectivity index (χ2v) is 7.20. The summed E-state index contributed by atoms with van der Waals surface area (Å²) in [4.78, 5) is 27.5. The van der Waals surface area contributed by atoms with Crippen molar-refractivity contribution in [2.45, 2.75) is 25.2 Å². The van der Waals surface area contributed by atoms with Gasteiger partial charge in [0.1, 0.15) is 0 Å². The van der Waals surface area contributed by atoms with Crippen molar-refractivity contribution in [1.82, 2.24) is 14.8 Å². The molecule has 0 aliphatic carbocycles. The van der Waals surface area contributed by atoms with E-state index in [4.69, 9.17) is 0 Å². The molecule has 0 radical (unpaired) electrons. The van der Waals surface area contributed by atoms with Crippen LogP contribution in [0.25, 0.3) is 10.9 Å². The summed E-state index contributed by atoms with van der Waals surface area (Å²) in [6.45, 7) is 2.71. The van der Waals surface area contributed by atoms with Crippen molar-refractivity contribution in [3.8, 4) is 0 Å². The molecular weight excluding hydrogens is 316 g/mol. The first-order chi connectivity index (χ1) is 12.0. The average Bonchev–Trinajstić information content (AvgIpc) is 2.92. The number of piperidine rings is 1. The van der Waals surface area contributed by atoms with E-state index in [0.29, 0.717) is 18.9 Å². The largest absolute Gasteiger partial charge is 0.347 e. The minimum Gasteiger partial charge on any atom is -0.347 e. The molecular formula is C19H24N4O2. The first kappa shape index (κ1) is 16.1. The molecule has 6 nitrogen and oxygen atoms in total. The number of benzene rings is 1. The molecule has 0 saturated carbocycles. The van der Waals surface area contributed by atoms with Crippen LogP contribution in [0.15, 0.2) is 24.3 Å². The summed E-state index contributed by atoms with van der Waals surface area (Å²) in [5, 5.41) is 3.59. The molecule has 0 bridgehead atoms. The zero-order valence-corrected chi connectivity index (χ0v) is 14.8. The smallest absolute Gasteiger partial charge is 0.328 e. The van der Waals surface area contributed by atoms with Gasteiger partial charge >= 0.3 is 6.03 Å². The van der Waals surface area contributed by atoms with Crippen molar-refractivity contribution in [1.29, 1.82) is 0 Å². The van der Waals surface area contributed by atoms with Crippen molar-refractivity contribution in [3.05, 3.63) is 30.0 Å². The number of anilines is 1. The van der Waals surface area contributed by atoms with Gasteiger partial charge < -0.3 is 9.47 Å². The highest BCUT2D eigenvalue weighted by atomic mass is 16.2. The standard InChI is InChI=1S/C19H24N4O2/c1-21-8-5-13(6-9-21)16-11-14-3-4-15(12-17(14)22(16)2)23-10-7-18(24)20-19(23)25/h3-4,11-13H,5-10H2,1-2H3,(H,20,24,25). The first-order valence-electron chi connectivity index (χ1n) is 8.92. The number of aromatic nitrogens is 1. The van der Waals surface area contributed by atoms with Gasteiger partial charge in [0.15, 0.2) is 0 Å². The summed E-state index contributed by atoms with van der Waals surface area (Å²) in [5.74, 6) is 0.388.